The Morgan fingerprint density at radius 2 is 2.05 bits per heavy atom. The molecule has 0 aliphatic carbocycles. The summed E-state index contributed by atoms with van der Waals surface area (Å²) in [6.45, 7) is 15.3. The maximum Gasteiger partial charge on any atom is 0.305 e. The van der Waals surface area contributed by atoms with Gasteiger partial charge in [0.25, 0.3) is 0 Å². The van der Waals surface area contributed by atoms with Gasteiger partial charge in [0.2, 0.25) is 11.9 Å². The summed E-state index contributed by atoms with van der Waals surface area (Å²) in [6.07, 6.45) is 6.06. The molecule has 2 aliphatic rings. The number of piperazine rings is 1. The molecule has 0 atom stereocenters. The van der Waals surface area contributed by atoms with Crippen LogP contribution in [0.3, 0.4) is 0 Å². The first-order valence-corrected chi connectivity index (χ1v) is 15.4. The SMILES string of the molecule is C#[N+]N(/C=C(\C)Nc1nc2c(N3CC(CC#N)(c4cccc(SC)c4)C3)cccn2n1)CC(=O)N1CCN(CC)CC1. The van der Waals surface area contributed by atoms with Crippen molar-refractivity contribution in [3.63, 3.8) is 0 Å². The maximum absolute atomic E-state index is 12.8. The van der Waals surface area contributed by atoms with Gasteiger partial charge in [-0.05, 0) is 54.6 Å². The Balaban J connectivity index is 1.26. The number of likely N-dealkylation sites (N-methyl/N-ethyl adjacent to an activating group) is 1. The molecule has 12 heteroatoms. The number of nitrogens with zero attached hydrogens (tertiary/aromatic N) is 9. The van der Waals surface area contributed by atoms with Crippen molar-refractivity contribution in [1.82, 2.24) is 29.4 Å². The highest BCUT2D eigenvalue weighted by molar-refractivity contribution is 7.98. The minimum Gasteiger partial charge on any atom is -0.366 e. The standard InChI is InChI=1S/C30H37N10OS/c1-5-36-14-16-37(17-15-36)27(41)20-39(32-3)19-23(2)33-29-34-28-26(10-7-13-40(28)35-29)38-21-30(22-38,11-12-31)24-8-6-9-25(18-24)42-4/h3,6-10,13,18-19H,5,11,14-17,20-22H2,1-2,4H3,(H,33,35)/q+1/b23-19+. The number of benzene rings is 1. The van der Waals surface area contributed by atoms with Gasteiger partial charge in [0, 0.05) is 67.9 Å². The second-order valence-corrected chi connectivity index (χ2v) is 11.6. The summed E-state index contributed by atoms with van der Waals surface area (Å²) in [6, 6.07) is 14.9. The Bertz CT molecular complexity index is 1540. The first-order valence-electron chi connectivity index (χ1n) is 14.1. The molecule has 2 aliphatic heterocycles. The molecular weight excluding hydrogens is 548 g/mol. The molecular formula is C30H37N10OS+. The van der Waals surface area contributed by atoms with E-state index in [1.54, 1.807) is 22.5 Å². The van der Waals surface area contributed by atoms with Gasteiger partial charge >= 0.3 is 6.57 Å². The fourth-order valence-electron chi connectivity index (χ4n) is 5.65. The number of rotatable bonds is 10. The summed E-state index contributed by atoms with van der Waals surface area (Å²) in [5, 5.41) is 18.9. The largest absolute Gasteiger partial charge is 0.366 e. The molecule has 218 valence electrons. The van der Waals surface area contributed by atoms with Gasteiger partial charge in [-0.1, -0.05) is 19.1 Å². The molecule has 5 rings (SSSR count). The number of carbonyl (C=O) groups is 1. The Hall–Kier alpha value is -4.26. The van der Waals surface area contributed by atoms with Crippen LogP contribution in [-0.2, 0) is 10.2 Å². The number of pyridine rings is 1. The zero-order valence-corrected chi connectivity index (χ0v) is 25.2. The van der Waals surface area contributed by atoms with Crippen LogP contribution in [0.1, 0.15) is 25.8 Å². The molecule has 4 heterocycles. The first kappa shape index (κ1) is 29.2. The molecule has 0 bridgehead atoms. The van der Waals surface area contributed by atoms with Crippen LogP contribution in [0.2, 0.25) is 0 Å². The fraction of sp³-hybridized carbons (Fsp3) is 0.433. The lowest BCUT2D eigenvalue weighted by Gasteiger charge is -2.50. The highest BCUT2D eigenvalue weighted by Crippen LogP contribution is 2.42. The van der Waals surface area contributed by atoms with E-state index in [4.69, 9.17) is 11.6 Å². The summed E-state index contributed by atoms with van der Waals surface area (Å²) >= 11 is 1.71. The summed E-state index contributed by atoms with van der Waals surface area (Å²) in [4.78, 5) is 29.0. The number of carbonyl (C=O) groups excluding carboxylic acids is 1. The number of amides is 1. The third-order valence-electron chi connectivity index (χ3n) is 8.04. The van der Waals surface area contributed by atoms with Gasteiger partial charge in [-0.25, -0.2) is 4.52 Å². The number of thioether (sulfide) groups is 1. The molecule has 3 aromatic rings. The van der Waals surface area contributed by atoms with Crippen molar-refractivity contribution >= 4 is 35.0 Å². The van der Waals surface area contributed by atoms with E-state index in [2.05, 4.69) is 68.7 Å². The number of allylic oxidation sites excluding steroid dienone is 1. The van der Waals surface area contributed by atoms with Crippen LogP contribution in [0.4, 0.5) is 11.6 Å². The Labute approximate surface area is 251 Å². The third-order valence-corrected chi connectivity index (χ3v) is 8.76. The summed E-state index contributed by atoms with van der Waals surface area (Å²) in [7, 11) is 0. The van der Waals surface area contributed by atoms with Gasteiger partial charge in [0.05, 0.1) is 16.7 Å². The van der Waals surface area contributed by atoms with E-state index in [0.717, 1.165) is 44.1 Å². The van der Waals surface area contributed by atoms with E-state index in [-0.39, 0.29) is 17.9 Å². The minimum atomic E-state index is -0.218. The maximum atomic E-state index is 12.8. The Morgan fingerprint density at radius 3 is 2.74 bits per heavy atom. The number of nitrogens with one attached hydrogen (secondary N) is 1. The number of nitriles is 1. The number of fused-ring (bicyclic) bond motifs is 1. The number of hydrogen-bond donors (Lipinski definition) is 1. The molecule has 2 aromatic heterocycles. The Morgan fingerprint density at radius 1 is 1.26 bits per heavy atom. The monoisotopic (exact) mass is 585 g/mol. The molecule has 11 nitrogen and oxygen atoms in total. The topological polar surface area (TPSA) is 100 Å². The normalized spacial score (nSPS) is 16.9. The van der Waals surface area contributed by atoms with Crippen molar-refractivity contribution < 1.29 is 4.79 Å². The number of hydrogen-bond acceptors (Lipinski definition) is 9. The summed E-state index contributed by atoms with van der Waals surface area (Å²) in [5.41, 5.74) is 3.35. The zero-order valence-electron chi connectivity index (χ0n) is 24.4. The van der Waals surface area contributed by atoms with Crippen LogP contribution < -0.4 is 10.2 Å². The second-order valence-electron chi connectivity index (χ2n) is 10.8. The van der Waals surface area contributed by atoms with Crippen molar-refractivity contribution in [1.29, 1.82) is 5.26 Å². The van der Waals surface area contributed by atoms with Crippen molar-refractivity contribution in [2.75, 3.05) is 68.8 Å². The second kappa shape index (κ2) is 12.7. The van der Waals surface area contributed by atoms with Crippen molar-refractivity contribution in [3.05, 3.63) is 65.0 Å². The zero-order chi connectivity index (χ0) is 29.7. The molecule has 2 saturated heterocycles. The highest BCUT2D eigenvalue weighted by Gasteiger charge is 2.45. The van der Waals surface area contributed by atoms with Gasteiger partial charge in [-0.15, -0.1) is 16.9 Å². The van der Waals surface area contributed by atoms with Gasteiger partial charge in [-0.2, -0.15) is 10.2 Å². The average molecular weight is 586 g/mol. The molecule has 1 N–H and O–H groups in total. The van der Waals surface area contributed by atoms with Gasteiger partial charge < -0.3 is 20.0 Å². The van der Waals surface area contributed by atoms with Gasteiger partial charge in [-0.3, -0.25) is 4.79 Å². The number of anilines is 2. The van der Waals surface area contributed by atoms with E-state index in [1.807, 2.05) is 30.2 Å². The highest BCUT2D eigenvalue weighted by atomic mass is 32.2. The van der Waals surface area contributed by atoms with Crippen LogP contribution in [0.5, 0.6) is 0 Å². The van der Waals surface area contributed by atoms with Gasteiger partial charge in [0.1, 0.15) is 6.20 Å². The minimum absolute atomic E-state index is 0.0123. The molecule has 0 saturated carbocycles. The van der Waals surface area contributed by atoms with E-state index in [0.29, 0.717) is 31.2 Å². The van der Waals surface area contributed by atoms with E-state index in [9.17, 15) is 10.1 Å². The number of aromatic nitrogens is 3. The molecule has 2 fully saturated rings. The predicted octanol–water partition coefficient (Wildman–Crippen LogP) is 3.74. The lowest BCUT2D eigenvalue weighted by Crippen LogP contribution is -2.59. The van der Waals surface area contributed by atoms with Crippen LogP contribution in [0.25, 0.3) is 10.6 Å². The van der Waals surface area contributed by atoms with Crippen molar-refractivity contribution in [2.45, 2.75) is 30.6 Å². The van der Waals surface area contributed by atoms with Crippen LogP contribution in [0, 0.1) is 17.9 Å². The average Bonchev–Trinajstić information content (AvgIpc) is 3.41. The van der Waals surface area contributed by atoms with E-state index < -0.39 is 0 Å². The molecule has 42 heavy (non-hydrogen) atoms. The molecule has 0 spiro atoms. The van der Waals surface area contributed by atoms with Gasteiger partial charge in [0.15, 0.2) is 12.2 Å². The van der Waals surface area contributed by atoms with Crippen LogP contribution >= 0.6 is 11.8 Å². The summed E-state index contributed by atoms with van der Waals surface area (Å²) in [5.74, 6) is 0.411. The lowest BCUT2D eigenvalue weighted by atomic mass is 9.71. The molecule has 0 radical (unpaired) electrons. The molecule has 1 aromatic carbocycles. The quantitative estimate of drug-likeness (QED) is 0.282. The van der Waals surface area contributed by atoms with E-state index >= 15 is 0 Å². The van der Waals surface area contributed by atoms with E-state index in [1.165, 1.54) is 15.5 Å². The van der Waals surface area contributed by atoms with Crippen LogP contribution in [-0.4, -0.2) is 93.9 Å². The van der Waals surface area contributed by atoms with Crippen molar-refractivity contribution in [3.8, 4) is 12.6 Å². The fourth-order valence-corrected chi connectivity index (χ4v) is 6.11. The van der Waals surface area contributed by atoms with Crippen molar-refractivity contribution in [2.24, 2.45) is 0 Å². The third kappa shape index (κ3) is 6.15. The predicted molar refractivity (Wildman–Crippen MR) is 166 cm³/mol. The first-order chi connectivity index (χ1) is 20.4. The Kier molecular flexibility index (Phi) is 8.86. The molecule has 1 amide bonds. The molecule has 0 unspecified atom stereocenters. The van der Waals surface area contributed by atoms with Crippen LogP contribution in [0.15, 0.2) is 59.4 Å². The summed E-state index contributed by atoms with van der Waals surface area (Å²) < 4.78 is 1.74. The smallest absolute Gasteiger partial charge is 0.305 e. The lowest BCUT2D eigenvalue weighted by molar-refractivity contribution is -0.133.